The van der Waals surface area contributed by atoms with Crippen LogP contribution in [0.3, 0.4) is 0 Å². The summed E-state index contributed by atoms with van der Waals surface area (Å²) in [6, 6.07) is 0. The van der Waals surface area contributed by atoms with Crippen molar-refractivity contribution in [3.05, 3.63) is 11.1 Å². The maximum absolute atomic E-state index is 13.6. The molecule has 0 bridgehead atoms. The van der Waals surface area contributed by atoms with E-state index in [1.807, 2.05) is 13.8 Å². The maximum Gasteiger partial charge on any atom is 0.160 e. The third-order valence-corrected chi connectivity index (χ3v) is 12.0. The Kier molecular flexibility index (Phi) is 5.49. The van der Waals surface area contributed by atoms with Gasteiger partial charge in [0, 0.05) is 23.7 Å². The Labute approximate surface area is 211 Å². The van der Waals surface area contributed by atoms with Gasteiger partial charge < -0.3 is 14.9 Å². The van der Waals surface area contributed by atoms with Crippen LogP contribution in [0, 0.1) is 39.4 Å². The maximum atomic E-state index is 13.6. The van der Waals surface area contributed by atoms with Crippen molar-refractivity contribution in [1.29, 1.82) is 0 Å². The fourth-order valence-electron chi connectivity index (χ4n) is 9.98. The van der Waals surface area contributed by atoms with Crippen molar-refractivity contribution >= 4 is 11.6 Å². The number of aliphatic hydroxyl groups excluding tert-OH is 2. The van der Waals surface area contributed by atoms with Gasteiger partial charge in [-0.25, -0.2) is 0 Å². The molecule has 2 N–H and O–H groups in total. The molecule has 196 valence electrons. The van der Waals surface area contributed by atoms with E-state index in [2.05, 4.69) is 41.5 Å². The average Bonchev–Trinajstić information content (AvgIpc) is 3.28. The van der Waals surface area contributed by atoms with Gasteiger partial charge >= 0.3 is 0 Å². The van der Waals surface area contributed by atoms with E-state index >= 15 is 0 Å². The molecule has 0 radical (unpaired) electrons. The molecule has 3 saturated carbocycles. The molecule has 0 aromatic rings. The Hall–Kier alpha value is -1.04. The van der Waals surface area contributed by atoms with Gasteiger partial charge in [-0.1, -0.05) is 47.1 Å². The predicted octanol–water partition coefficient (Wildman–Crippen LogP) is 5.02. The zero-order valence-corrected chi connectivity index (χ0v) is 23.0. The van der Waals surface area contributed by atoms with Gasteiger partial charge in [0.15, 0.2) is 5.78 Å². The molecule has 5 rings (SSSR count). The molecule has 5 aliphatic rings. The Balaban J connectivity index is 1.51. The highest BCUT2D eigenvalue weighted by Gasteiger charge is 2.70. The van der Waals surface area contributed by atoms with Gasteiger partial charge in [0.1, 0.15) is 11.9 Å². The van der Waals surface area contributed by atoms with Crippen LogP contribution in [-0.2, 0) is 14.3 Å². The van der Waals surface area contributed by atoms with E-state index in [-0.39, 0.29) is 56.9 Å². The number of hydrogen-bond acceptors (Lipinski definition) is 5. The summed E-state index contributed by atoms with van der Waals surface area (Å²) >= 11 is 0. The average molecular weight is 487 g/mol. The largest absolute Gasteiger partial charge is 0.392 e. The molecule has 5 nitrogen and oxygen atoms in total. The van der Waals surface area contributed by atoms with E-state index in [9.17, 15) is 19.8 Å². The highest BCUT2D eigenvalue weighted by Crippen LogP contribution is 2.73. The van der Waals surface area contributed by atoms with E-state index in [0.29, 0.717) is 31.5 Å². The molecule has 1 heterocycles. The second-order valence-electron chi connectivity index (χ2n) is 14.6. The summed E-state index contributed by atoms with van der Waals surface area (Å²) in [5.41, 5.74) is 0.700. The number of ether oxygens (including phenoxy) is 1. The van der Waals surface area contributed by atoms with Gasteiger partial charge in [-0.3, -0.25) is 9.59 Å². The number of fused-ring (bicyclic) bond motifs is 5. The zero-order chi connectivity index (χ0) is 25.9. The molecule has 0 aromatic carbocycles. The first-order chi connectivity index (χ1) is 16.0. The lowest BCUT2D eigenvalue weighted by Gasteiger charge is -2.68. The predicted molar refractivity (Wildman–Crippen MR) is 135 cm³/mol. The molecule has 0 amide bonds. The minimum Gasteiger partial charge on any atom is -0.392 e. The van der Waals surface area contributed by atoms with Crippen LogP contribution in [0.25, 0.3) is 0 Å². The molecule has 35 heavy (non-hydrogen) atoms. The zero-order valence-electron chi connectivity index (χ0n) is 23.0. The molecule has 5 heteroatoms. The highest BCUT2D eigenvalue weighted by atomic mass is 16.6. The summed E-state index contributed by atoms with van der Waals surface area (Å²) in [6.07, 6.45) is 3.52. The lowest BCUT2D eigenvalue weighted by atomic mass is 9.36. The summed E-state index contributed by atoms with van der Waals surface area (Å²) in [5, 5.41) is 22.6. The van der Waals surface area contributed by atoms with E-state index in [4.69, 9.17) is 4.74 Å². The Morgan fingerprint density at radius 3 is 2.29 bits per heavy atom. The van der Waals surface area contributed by atoms with E-state index in [0.717, 1.165) is 30.4 Å². The molecule has 4 aliphatic carbocycles. The smallest absolute Gasteiger partial charge is 0.160 e. The van der Waals surface area contributed by atoms with Crippen LogP contribution in [0.4, 0.5) is 0 Å². The lowest BCUT2D eigenvalue weighted by molar-refractivity contribution is -0.208. The topological polar surface area (TPSA) is 87.1 Å². The van der Waals surface area contributed by atoms with Crippen molar-refractivity contribution in [3.63, 3.8) is 0 Å². The Morgan fingerprint density at radius 2 is 1.69 bits per heavy atom. The second-order valence-corrected chi connectivity index (χ2v) is 14.6. The summed E-state index contributed by atoms with van der Waals surface area (Å²) in [6.45, 7) is 17.2. The lowest BCUT2D eigenvalue weighted by Crippen LogP contribution is -2.65. The van der Waals surface area contributed by atoms with Crippen LogP contribution in [0.5, 0.6) is 0 Å². The number of rotatable bonds is 4. The SMILES string of the molecule is C[C@H](C[C@H](O)[C@H]1OC1(C)C)C1=C2C[C@H](O)[C@H]3[C@@]4(C)CCC(=O)C(C)(C)[C@H]4CC[C@]3(C)[C@@]2(C)CC1=O. The number of carbonyl (C=O) groups excluding carboxylic acids is 2. The molecular weight excluding hydrogens is 440 g/mol. The van der Waals surface area contributed by atoms with Crippen molar-refractivity contribution in [2.75, 3.05) is 0 Å². The first kappa shape index (κ1) is 25.6. The van der Waals surface area contributed by atoms with E-state index in [1.54, 1.807) is 0 Å². The van der Waals surface area contributed by atoms with Gasteiger partial charge in [0.05, 0.1) is 17.8 Å². The van der Waals surface area contributed by atoms with Crippen LogP contribution in [-0.4, -0.2) is 45.7 Å². The van der Waals surface area contributed by atoms with Gasteiger partial charge in [-0.05, 0) is 80.1 Å². The van der Waals surface area contributed by atoms with Gasteiger partial charge in [0.25, 0.3) is 0 Å². The quantitative estimate of drug-likeness (QED) is 0.545. The second kappa shape index (κ2) is 7.51. The van der Waals surface area contributed by atoms with Gasteiger partial charge in [0.2, 0.25) is 0 Å². The van der Waals surface area contributed by atoms with E-state index in [1.165, 1.54) is 0 Å². The summed E-state index contributed by atoms with van der Waals surface area (Å²) in [5.74, 6) is 0.793. The number of Topliss-reactive ketones (excluding diaryl/α,β-unsaturated/α-hetero) is 2. The van der Waals surface area contributed by atoms with Crippen LogP contribution in [0.2, 0.25) is 0 Å². The number of allylic oxidation sites excluding steroid dienone is 1. The molecule has 4 fully saturated rings. The monoisotopic (exact) mass is 486 g/mol. The van der Waals surface area contributed by atoms with Crippen molar-refractivity contribution in [2.24, 2.45) is 39.4 Å². The van der Waals surface area contributed by atoms with E-state index < -0.39 is 12.2 Å². The third kappa shape index (κ3) is 3.29. The molecule has 0 unspecified atom stereocenters. The minimum atomic E-state index is -0.596. The van der Waals surface area contributed by atoms with Crippen molar-refractivity contribution in [3.8, 4) is 0 Å². The van der Waals surface area contributed by atoms with Crippen LogP contribution in [0.1, 0.15) is 100 Å². The summed E-state index contributed by atoms with van der Waals surface area (Å²) < 4.78 is 5.66. The molecule has 0 aromatic heterocycles. The number of epoxide rings is 1. The highest BCUT2D eigenvalue weighted by molar-refractivity contribution is 6.00. The Bertz CT molecular complexity index is 993. The normalized spacial score (nSPS) is 47.6. The van der Waals surface area contributed by atoms with Crippen molar-refractivity contribution < 1.29 is 24.5 Å². The number of ketones is 2. The standard InChI is InChI=1S/C30H46O5/c1-16(13-19(32)25-27(4,5)35-25)23-17-14-18(31)24-28(6)11-10-22(34)26(2,3)21(28)9-12-29(24,7)30(17,8)15-20(23)33/h16,18-19,21,24-25,31-32H,9-15H2,1-8H3/t16-,18+,19+,21-,24+,25-,28+,29+,30+/m1/s1. The fourth-order valence-corrected chi connectivity index (χ4v) is 9.98. The van der Waals surface area contributed by atoms with Crippen LogP contribution < -0.4 is 0 Å². The number of aliphatic hydroxyl groups is 2. The number of hydrogen-bond donors (Lipinski definition) is 2. The Morgan fingerprint density at radius 1 is 1.06 bits per heavy atom. The van der Waals surface area contributed by atoms with Gasteiger partial charge in [-0.2, -0.15) is 0 Å². The van der Waals surface area contributed by atoms with Crippen LogP contribution in [0.15, 0.2) is 11.1 Å². The van der Waals surface area contributed by atoms with Gasteiger partial charge in [-0.15, -0.1) is 0 Å². The van der Waals surface area contributed by atoms with Crippen LogP contribution >= 0.6 is 0 Å². The molecule has 1 saturated heterocycles. The third-order valence-electron chi connectivity index (χ3n) is 12.0. The minimum absolute atomic E-state index is 0.0589. The number of carbonyl (C=O) groups is 2. The summed E-state index contributed by atoms with van der Waals surface area (Å²) in [7, 11) is 0. The van der Waals surface area contributed by atoms with Crippen molar-refractivity contribution in [2.45, 2.75) is 124 Å². The summed E-state index contributed by atoms with van der Waals surface area (Å²) in [4.78, 5) is 26.5. The molecule has 9 atom stereocenters. The fraction of sp³-hybridized carbons (Fsp3) is 0.867. The molecular formula is C30H46O5. The molecule has 0 spiro atoms. The first-order valence-electron chi connectivity index (χ1n) is 13.8. The van der Waals surface area contributed by atoms with Crippen molar-refractivity contribution in [1.82, 2.24) is 0 Å². The first-order valence-corrected chi connectivity index (χ1v) is 13.8. The molecule has 1 aliphatic heterocycles.